The minimum Gasteiger partial charge on any atom is -0.477 e. The summed E-state index contributed by atoms with van der Waals surface area (Å²) in [6.07, 6.45) is 54.4. The quantitative estimate of drug-likeness (QED) is 0.0213. The van der Waals surface area contributed by atoms with Gasteiger partial charge in [0.25, 0.3) is 6.29 Å². The van der Waals surface area contributed by atoms with Gasteiger partial charge < -0.3 is 28.5 Å². The minimum absolute atomic E-state index is 0.169. The van der Waals surface area contributed by atoms with Crippen LogP contribution in [-0.2, 0) is 33.3 Å². The number of quaternary nitrogens is 1. The molecule has 2 unspecified atom stereocenters. The van der Waals surface area contributed by atoms with E-state index >= 15 is 0 Å². The smallest absolute Gasteiger partial charge is 0.361 e. The maximum absolute atomic E-state index is 12.8. The molecule has 0 fully saturated rings. The van der Waals surface area contributed by atoms with E-state index in [1.807, 2.05) is 21.1 Å². The normalized spacial score (nSPS) is 13.9. The number of ether oxygens (including phenoxy) is 4. The van der Waals surface area contributed by atoms with Crippen LogP contribution in [0, 0.1) is 0 Å². The number of carboxylic acids is 1. The number of esters is 2. The third-order valence-electron chi connectivity index (χ3n) is 9.02. The van der Waals surface area contributed by atoms with Gasteiger partial charge in [-0.05, 0) is 96.3 Å². The third kappa shape index (κ3) is 43.8. The van der Waals surface area contributed by atoms with Gasteiger partial charge in [0.05, 0.1) is 34.4 Å². The number of carboxylic acid groups (broad SMARTS) is 1. The van der Waals surface area contributed by atoms with Crippen LogP contribution in [0.3, 0.4) is 0 Å². The van der Waals surface area contributed by atoms with E-state index in [1.54, 1.807) is 0 Å². The van der Waals surface area contributed by atoms with E-state index in [1.165, 1.54) is 0 Å². The summed E-state index contributed by atoms with van der Waals surface area (Å²) in [7, 11) is 5.92. The van der Waals surface area contributed by atoms with Crippen molar-refractivity contribution in [2.24, 2.45) is 0 Å². The second kappa shape index (κ2) is 42.6. The van der Waals surface area contributed by atoms with Crippen molar-refractivity contribution in [3.63, 3.8) is 0 Å². The molecule has 0 bridgehead atoms. The zero-order valence-corrected chi connectivity index (χ0v) is 38.8. The molecule has 0 aromatic rings. The molecule has 0 rings (SSSR count). The number of allylic oxidation sites excluding steroid dienone is 18. The fraction of sp³-hybridized carbons (Fsp3) is 0.596. The van der Waals surface area contributed by atoms with E-state index in [-0.39, 0.29) is 38.6 Å². The van der Waals surface area contributed by atoms with Gasteiger partial charge in [0, 0.05) is 12.8 Å². The first kappa shape index (κ1) is 57.0. The molecule has 0 saturated heterocycles. The van der Waals surface area contributed by atoms with Gasteiger partial charge in [0.1, 0.15) is 13.2 Å². The Morgan fingerprint density at radius 2 is 0.885 bits per heavy atom. The molecule has 2 atom stereocenters. The summed E-state index contributed by atoms with van der Waals surface area (Å²) in [5, 5.41) is 9.64. The standard InChI is InChI=1S/C52H83NO8/c1-6-8-10-12-14-16-18-20-22-23-24-25-26-27-29-31-33-35-37-39-41-43-50(55)61-48(47-60-52(51(56)57)58-45-44-53(3,4)5)46-59-49(54)42-40-38-36-34-32-30-28-21-19-17-15-13-11-9-7-2/h8-11,14-17,20-22,24-25,27-29,33,35,48,52H,6-7,12-13,18-19,23,26,30-32,34,36-47H2,1-5H3/p+1/b10-8-,11-9-,16-14-,17-15-,22-20-,25-24-,28-21-,29-27-,35-33-. The number of rotatable bonds is 40. The van der Waals surface area contributed by atoms with Crippen LogP contribution in [0.15, 0.2) is 109 Å². The number of hydrogen-bond donors (Lipinski definition) is 1. The fourth-order valence-corrected chi connectivity index (χ4v) is 5.50. The largest absolute Gasteiger partial charge is 0.477 e. The summed E-state index contributed by atoms with van der Waals surface area (Å²) in [5.74, 6) is -2.11. The van der Waals surface area contributed by atoms with Gasteiger partial charge in [0.2, 0.25) is 0 Å². The van der Waals surface area contributed by atoms with E-state index < -0.39 is 24.3 Å². The van der Waals surface area contributed by atoms with Crippen molar-refractivity contribution >= 4 is 17.9 Å². The Labute approximate surface area is 371 Å². The van der Waals surface area contributed by atoms with Crippen molar-refractivity contribution in [3.05, 3.63) is 109 Å². The first-order valence-corrected chi connectivity index (χ1v) is 23.1. The Bertz CT molecular complexity index is 1360. The molecule has 61 heavy (non-hydrogen) atoms. The van der Waals surface area contributed by atoms with Crippen LogP contribution in [0.5, 0.6) is 0 Å². The van der Waals surface area contributed by atoms with Crippen molar-refractivity contribution in [2.75, 3.05) is 47.5 Å². The SMILES string of the molecule is CC/C=C\C/C=C\C/C=C\C/C=C\C/C=C\C/C=C\CCCCC(=O)OC(COC(=O)CCCCCCC/C=C\C/C=C\C/C=C\CC)COC(OCC[N+](C)(C)C)C(=O)O. The van der Waals surface area contributed by atoms with Gasteiger partial charge in [0.15, 0.2) is 6.10 Å². The fourth-order valence-electron chi connectivity index (χ4n) is 5.50. The lowest BCUT2D eigenvalue weighted by atomic mass is 10.1. The first-order valence-electron chi connectivity index (χ1n) is 23.1. The lowest BCUT2D eigenvalue weighted by Crippen LogP contribution is -2.40. The zero-order valence-electron chi connectivity index (χ0n) is 38.8. The van der Waals surface area contributed by atoms with Crippen LogP contribution >= 0.6 is 0 Å². The molecule has 0 amide bonds. The molecule has 9 nitrogen and oxygen atoms in total. The van der Waals surface area contributed by atoms with Crippen molar-refractivity contribution in [3.8, 4) is 0 Å². The van der Waals surface area contributed by atoms with E-state index in [2.05, 4.69) is 123 Å². The zero-order chi connectivity index (χ0) is 44.9. The summed E-state index contributed by atoms with van der Waals surface area (Å²) in [6.45, 7) is 4.53. The lowest BCUT2D eigenvalue weighted by Gasteiger charge is -2.25. The third-order valence-corrected chi connectivity index (χ3v) is 9.02. The van der Waals surface area contributed by atoms with E-state index in [0.29, 0.717) is 23.9 Å². The van der Waals surface area contributed by atoms with Crippen molar-refractivity contribution in [1.29, 1.82) is 0 Å². The number of nitrogens with zero attached hydrogens (tertiary/aromatic N) is 1. The highest BCUT2D eigenvalue weighted by Gasteiger charge is 2.25. The van der Waals surface area contributed by atoms with Gasteiger partial charge in [-0.3, -0.25) is 9.59 Å². The van der Waals surface area contributed by atoms with Crippen LogP contribution in [0.4, 0.5) is 0 Å². The molecule has 0 spiro atoms. The molecule has 0 aliphatic rings. The van der Waals surface area contributed by atoms with Gasteiger partial charge in [-0.25, -0.2) is 4.79 Å². The number of aliphatic carboxylic acids is 1. The highest BCUT2D eigenvalue weighted by Crippen LogP contribution is 2.11. The van der Waals surface area contributed by atoms with Crippen LogP contribution in [0.2, 0.25) is 0 Å². The van der Waals surface area contributed by atoms with Crippen molar-refractivity contribution in [2.45, 2.75) is 155 Å². The Hall–Kier alpha value is -4.05. The Morgan fingerprint density at radius 3 is 1.34 bits per heavy atom. The van der Waals surface area contributed by atoms with Crippen LogP contribution < -0.4 is 0 Å². The van der Waals surface area contributed by atoms with Gasteiger partial charge in [-0.1, -0.05) is 142 Å². The number of carbonyl (C=O) groups excluding carboxylic acids is 2. The van der Waals surface area contributed by atoms with Crippen LogP contribution in [0.1, 0.15) is 142 Å². The minimum atomic E-state index is -1.53. The van der Waals surface area contributed by atoms with Crippen molar-refractivity contribution < 1.29 is 42.9 Å². The highest BCUT2D eigenvalue weighted by atomic mass is 16.7. The number of unbranched alkanes of at least 4 members (excludes halogenated alkanes) is 7. The maximum Gasteiger partial charge on any atom is 0.361 e. The summed E-state index contributed by atoms with van der Waals surface area (Å²) in [4.78, 5) is 37.1. The summed E-state index contributed by atoms with van der Waals surface area (Å²) in [6, 6.07) is 0. The molecule has 0 heterocycles. The molecular formula is C52H84NO8+. The predicted molar refractivity (Wildman–Crippen MR) is 253 cm³/mol. The maximum atomic E-state index is 12.8. The molecule has 0 aliphatic heterocycles. The molecule has 9 heteroatoms. The second-order valence-corrected chi connectivity index (χ2v) is 15.9. The molecule has 0 aliphatic carbocycles. The molecule has 0 radical (unpaired) electrons. The molecule has 0 aromatic heterocycles. The van der Waals surface area contributed by atoms with Gasteiger partial charge in [-0.2, -0.15) is 0 Å². The molecule has 0 aromatic carbocycles. The lowest BCUT2D eigenvalue weighted by molar-refractivity contribution is -0.870. The molecule has 0 saturated carbocycles. The summed E-state index contributed by atoms with van der Waals surface area (Å²) < 4.78 is 22.7. The summed E-state index contributed by atoms with van der Waals surface area (Å²) >= 11 is 0. The average Bonchev–Trinajstić information content (AvgIpc) is 3.22. The van der Waals surface area contributed by atoms with E-state index in [0.717, 1.165) is 103 Å². The topological polar surface area (TPSA) is 108 Å². The molecule has 344 valence electrons. The summed E-state index contributed by atoms with van der Waals surface area (Å²) in [5.41, 5.74) is 0. The Balaban J connectivity index is 4.56. The van der Waals surface area contributed by atoms with Gasteiger partial charge >= 0.3 is 17.9 Å². The predicted octanol–water partition coefficient (Wildman–Crippen LogP) is 12.4. The van der Waals surface area contributed by atoms with Gasteiger partial charge in [-0.15, -0.1) is 0 Å². The highest BCUT2D eigenvalue weighted by molar-refractivity contribution is 5.71. The Kier molecular flexibility index (Phi) is 39.8. The first-order chi connectivity index (χ1) is 29.6. The molecular weight excluding hydrogens is 767 g/mol. The number of hydrogen-bond acceptors (Lipinski definition) is 7. The average molecular weight is 851 g/mol. The van der Waals surface area contributed by atoms with E-state index in [4.69, 9.17) is 18.9 Å². The molecule has 1 N–H and O–H groups in total. The number of carbonyl (C=O) groups is 3. The second-order valence-electron chi connectivity index (χ2n) is 15.9. The monoisotopic (exact) mass is 851 g/mol. The van der Waals surface area contributed by atoms with E-state index in [9.17, 15) is 19.5 Å². The van der Waals surface area contributed by atoms with Crippen LogP contribution in [0.25, 0.3) is 0 Å². The number of likely N-dealkylation sites (N-methyl/N-ethyl adjacent to an activating group) is 1. The van der Waals surface area contributed by atoms with Crippen LogP contribution in [-0.4, -0.2) is 87.4 Å². The van der Waals surface area contributed by atoms with Crippen molar-refractivity contribution in [1.82, 2.24) is 0 Å². The Morgan fingerprint density at radius 1 is 0.492 bits per heavy atom.